The summed E-state index contributed by atoms with van der Waals surface area (Å²) in [6, 6.07) is 0. The zero-order valence-electron chi connectivity index (χ0n) is 6.50. The Morgan fingerprint density at radius 2 is 0.923 bits per heavy atom. The van der Waals surface area contributed by atoms with Crippen molar-refractivity contribution < 1.29 is 31.1 Å². The molecule has 1 nitrogen and oxygen atoms in total. The molecule has 0 saturated heterocycles. The first kappa shape index (κ1) is 12.5. The van der Waals surface area contributed by atoms with Gasteiger partial charge in [-0.15, -0.1) is 0 Å². The number of hydrogen-bond acceptors (Lipinski definition) is 1. The number of alkyl halides is 6. The summed E-state index contributed by atoms with van der Waals surface area (Å²) < 4.78 is 75.3. The minimum Gasteiger partial charge on any atom is -0.299 e. The van der Waals surface area contributed by atoms with E-state index in [4.69, 9.17) is 0 Å². The van der Waals surface area contributed by atoms with Crippen LogP contribution in [0, 0.1) is 0 Å². The Morgan fingerprint density at radius 1 is 0.692 bits per heavy atom. The second kappa shape index (κ2) is 4.69. The molecule has 0 aromatic carbocycles. The molecule has 0 N–H and O–H groups in total. The van der Waals surface area contributed by atoms with E-state index in [2.05, 4.69) is 4.74 Å². The molecule has 0 atom stereocenters. The third kappa shape index (κ3) is 3.41. The molecule has 0 aromatic rings. The minimum atomic E-state index is -3.62. The van der Waals surface area contributed by atoms with Gasteiger partial charge in [-0.2, -0.15) is 0 Å². The van der Waals surface area contributed by atoms with Crippen molar-refractivity contribution in [3.8, 4) is 0 Å². The molecule has 0 rings (SSSR count). The van der Waals surface area contributed by atoms with E-state index >= 15 is 0 Å². The van der Waals surface area contributed by atoms with Crippen molar-refractivity contribution in [3.63, 3.8) is 0 Å². The summed E-state index contributed by atoms with van der Waals surface area (Å²) in [7, 11) is 0. The van der Waals surface area contributed by atoms with Crippen molar-refractivity contribution in [2.45, 2.75) is 11.7 Å². The van der Waals surface area contributed by atoms with Crippen molar-refractivity contribution >= 4 is 0 Å². The molecule has 0 saturated carbocycles. The summed E-state index contributed by atoms with van der Waals surface area (Å²) >= 11 is 0. The van der Waals surface area contributed by atoms with Gasteiger partial charge in [0.15, 0.2) is 26.7 Å². The van der Waals surface area contributed by atoms with Crippen LogP contribution in [0.4, 0.5) is 26.3 Å². The fraction of sp³-hybridized carbons (Fsp3) is 1.00. The molecule has 0 unspecified atom stereocenters. The Bertz CT molecular complexity index is 128. The van der Waals surface area contributed by atoms with Gasteiger partial charge in [-0.25, -0.2) is 26.3 Å². The Hall–Kier alpha value is -0.460. The molecule has 0 spiro atoms. The standard InChI is InChI=1S/C6H8F6O/c7-1-5(11,2-8)13-6(12,3-9)4-10/h1-4H2. The molecule has 0 aliphatic heterocycles. The second-order valence-corrected chi connectivity index (χ2v) is 2.40. The maximum absolute atomic E-state index is 12.6. The molecule has 0 aliphatic rings. The Kier molecular flexibility index (Phi) is 4.52. The highest BCUT2D eigenvalue weighted by molar-refractivity contribution is 4.74. The SMILES string of the molecule is FCC(F)(CF)OC(F)(CF)CF. The van der Waals surface area contributed by atoms with Gasteiger partial charge in [-0.05, 0) is 0 Å². The van der Waals surface area contributed by atoms with Crippen LogP contribution in [-0.4, -0.2) is 38.4 Å². The molecule has 13 heavy (non-hydrogen) atoms. The van der Waals surface area contributed by atoms with Crippen molar-refractivity contribution in [2.75, 3.05) is 26.7 Å². The van der Waals surface area contributed by atoms with Crippen molar-refractivity contribution in [2.24, 2.45) is 0 Å². The maximum Gasteiger partial charge on any atom is 0.269 e. The third-order valence-corrected chi connectivity index (χ3v) is 1.16. The van der Waals surface area contributed by atoms with E-state index in [1.165, 1.54) is 0 Å². The normalized spacial score (nSPS) is 13.4. The molecule has 80 valence electrons. The van der Waals surface area contributed by atoms with Crippen LogP contribution in [0.5, 0.6) is 0 Å². The van der Waals surface area contributed by atoms with Crippen LogP contribution in [-0.2, 0) is 4.74 Å². The molecule has 0 fully saturated rings. The Labute approximate surface area is 70.7 Å². The van der Waals surface area contributed by atoms with Crippen LogP contribution >= 0.6 is 0 Å². The average molecular weight is 210 g/mol. The van der Waals surface area contributed by atoms with Crippen LogP contribution in [0.2, 0.25) is 0 Å². The predicted octanol–water partition coefficient (Wildman–Crippen LogP) is 2.21. The topological polar surface area (TPSA) is 9.23 Å². The van der Waals surface area contributed by atoms with Gasteiger partial charge in [0.25, 0.3) is 11.7 Å². The Morgan fingerprint density at radius 3 is 1.08 bits per heavy atom. The molecule has 0 aromatic heterocycles. The van der Waals surface area contributed by atoms with E-state index in [9.17, 15) is 26.3 Å². The fourth-order valence-electron chi connectivity index (χ4n) is 0.508. The van der Waals surface area contributed by atoms with Crippen molar-refractivity contribution in [3.05, 3.63) is 0 Å². The number of ether oxygens (including phenoxy) is 1. The van der Waals surface area contributed by atoms with E-state index in [0.717, 1.165) is 0 Å². The quantitative estimate of drug-likeness (QED) is 0.610. The maximum atomic E-state index is 12.6. The first-order chi connectivity index (χ1) is 5.95. The highest BCUT2D eigenvalue weighted by Crippen LogP contribution is 2.26. The second-order valence-electron chi connectivity index (χ2n) is 2.40. The van der Waals surface area contributed by atoms with Crippen LogP contribution in [0.15, 0.2) is 0 Å². The lowest BCUT2D eigenvalue weighted by Gasteiger charge is -2.27. The minimum absolute atomic E-state index is 2.02. The number of hydrogen-bond donors (Lipinski definition) is 0. The number of rotatable bonds is 6. The molecule has 0 heterocycles. The van der Waals surface area contributed by atoms with Crippen LogP contribution in [0.3, 0.4) is 0 Å². The highest BCUT2D eigenvalue weighted by atomic mass is 19.2. The summed E-state index contributed by atoms with van der Waals surface area (Å²) in [5, 5.41) is 0. The van der Waals surface area contributed by atoms with Gasteiger partial charge in [0.1, 0.15) is 0 Å². The highest BCUT2D eigenvalue weighted by Gasteiger charge is 2.44. The lowest BCUT2D eigenvalue weighted by molar-refractivity contribution is -0.291. The smallest absolute Gasteiger partial charge is 0.269 e. The summed E-state index contributed by atoms with van der Waals surface area (Å²) in [6.45, 7) is -8.07. The molecular weight excluding hydrogens is 202 g/mol. The van der Waals surface area contributed by atoms with Gasteiger partial charge in [-0.1, -0.05) is 0 Å². The van der Waals surface area contributed by atoms with Gasteiger partial charge in [-0.3, -0.25) is 4.74 Å². The zero-order chi connectivity index (χ0) is 10.5. The molecule has 7 heteroatoms. The zero-order valence-corrected chi connectivity index (χ0v) is 6.50. The lowest BCUT2D eigenvalue weighted by Crippen LogP contribution is -2.45. The fourth-order valence-corrected chi connectivity index (χ4v) is 0.508. The number of halogens is 6. The van der Waals surface area contributed by atoms with Crippen LogP contribution < -0.4 is 0 Å². The lowest BCUT2D eigenvalue weighted by atomic mass is 10.3. The van der Waals surface area contributed by atoms with Gasteiger partial charge >= 0.3 is 0 Å². The molecule has 0 radical (unpaired) electrons. The molecule has 0 aliphatic carbocycles. The summed E-state index contributed by atoms with van der Waals surface area (Å²) in [5.74, 6) is -7.24. The van der Waals surface area contributed by atoms with E-state index in [-0.39, 0.29) is 0 Å². The van der Waals surface area contributed by atoms with Crippen molar-refractivity contribution in [1.29, 1.82) is 0 Å². The molecule has 0 bridgehead atoms. The Balaban J connectivity index is 4.36. The van der Waals surface area contributed by atoms with E-state index in [1.54, 1.807) is 0 Å². The molecule has 0 amide bonds. The van der Waals surface area contributed by atoms with Gasteiger partial charge in [0.05, 0.1) is 0 Å². The largest absolute Gasteiger partial charge is 0.299 e. The van der Waals surface area contributed by atoms with Crippen molar-refractivity contribution in [1.82, 2.24) is 0 Å². The van der Waals surface area contributed by atoms with Gasteiger partial charge in [0, 0.05) is 0 Å². The van der Waals surface area contributed by atoms with Crippen LogP contribution in [0.25, 0.3) is 0 Å². The molecular formula is C6H8F6O. The van der Waals surface area contributed by atoms with Gasteiger partial charge in [0.2, 0.25) is 0 Å². The summed E-state index contributed by atoms with van der Waals surface area (Å²) in [4.78, 5) is 0. The van der Waals surface area contributed by atoms with E-state index in [1.807, 2.05) is 0 Å². The van der Waals surface area contributed by atoms with Crippen LogP contribution in [0.1, 0.15) is 0 Å². The first-order valence-corrected chi connectivity index (χ1v) is 3.27. The van der Waals surface area contributed by atoms with Gasteiger partial charge < -0.3 is 0 Å². The summed E-state index contributed by atoms with van der Waals surface area (Å²) in [5.41, 5.74) is 0. The predicted molar refractivity (Wildman–Crippen MR) is 32.7 cm³/mol. The van der Waals surface area contributed by atoms with E-state index < -0.39 is 38.4 Å². The summed E-state index contributed by atoms with van der Waals surface area (Å²) in [6.07, 6.45) is 0. The van der Waals surface area contributed by atoms with E-state index in [0.29, 0.717) is 0 Å². The first-order valence-electron chi connectivity index (χ1n) is 3.27. The third-order valence-electron chi connectivity index (χ3n) is 1.16. The monoisotopic (exact) mass is 210 g/mol. The average Bonchev–Trinajstić information content (AvgIpc) is 2.17.